The molecule has 4 fully saturated rings. The number of fused-ring (bicyclic) bond motifs is 2. The van der Waals surface area contributed by atoms with Crippen molar-refractivity contribution in [2.45, 2.75) is 43.9 Å². The van der Waals surface area contributed by atoms with Crippen molar-refractivity contribution in [2.75, 3.05) is 12.0 Å². The van der Waals surface area contributed by atoms with Crippen molar-refractivity contribution in [2.24, 2.45) is 22.2 Å². The Morgan fingerprint density at radius 1 is 1.14 bits per heavy atom. The molecule has 1 spiro atoms. The van der Waals surface area contributed by atoms with Crippen molar-refractivity contribution in [3.63, 3.8) is 0 Å². The number of hydrogen-bond donors (Lipinski definition) is 0. The Morgan fingerprint density at radius 2 is 1.95 bits per heavy atom. The Morgan fingerprint density at radius 3 is 2.68 bits per heavy atom. The monoisotopic (exact) mass is 312 g/mol. The van der Waals surface area contributed by atoms with Gasteiger partial charge in [0.15, 0.2) is 0 Å². The lowest BCUT2D eigenvalue weighted by molar-refractivity contribution is -0.120. The van der Waals surface area contributed by atoms with Gasteiger partial charge in [0.05, 0.1) is 0 Å². The Balaban J connectivity index is 1.70. The molecule has 4 aliphatic rings. The molecule has 3 bridgehead atoms. The van der Waals surface area contributed by atoms with E-state index in [0.717, 1.165) is 12.3 Å². The van der Waals surface area contributed by atoms with Crippen molar-refractivity contribution in [3.05, 3.63) is 35.9 Å². The quantitative estimate of drug-likeness (QED) is 0.764. The number of aldehydes is 1. The lowest BCUT2D eigenvalue weighted by atomic mass is 9.37. The minimum absolute atomic E-state index is 0.00455. The van der Waals surface area contributed by atoms with Gasteiger partial charge in [0.25, 0.3) is 0 Å². The van der Waals surface area contributed by atoms with Gasteiger partial charge >= 0.3 is 0 Å². The van der Waals surface area contributed by atoms with E-state index < -0.39 is 0 Å². The molecule has 0 aliphatic heterocycles. The fraction of sp³-hybridized carbons (Fsp3) is 0.650. The van der Waals surface area contributed by atoms with E-state index in [4.69, 9.17) is 0 Å². The van der Waals surface area contributed by atoms with Crippen molar-refractivity contribution in [3.8, 4) is 0 Å². The highest BCUT2D eigenvalue weighted by molar-refractivity contribution is 7.98. The minimum Gasteiger partial charge on any atom is -0.303 e. The summed E-state index contributed by atoms with van der Waals surface area (Å²) in [6.45, 7) is 0. The largest absolute Gasteiger partial charge is 0.303 e. The molecule has 5 unspecified atom stereocenters. The van der Waals surface area contributed by atoms with Gasteiger partial charge in [-0.2, -0.15) is 11.8 Å². The predicted molar refractivity (Wildman–Crippen MR) is 91.1 cm³/mol. The summed E-state index contributed by atoms with van der Waals surface area (Å²) in [6.07, 6.45) is 11.2. The molecular weight excluding hydrogens is 288 g/mol. The van der Waals surface area contributed by atoms with Crippen LogP contribution in [0.1, 0.15) is 44.1 Å². The average Bonchev–Trinajstić information content (AvgIpc) is 2.82. The Bertz CT molecular complexity index is 642. The molecule has 0 aromatic heterocycles. The van der Waals surface area contributed by atoms with Crippen LogP contribution in [0, 0.1) is 22.2 Å². The van der Waals surface area contributed by atoms with Gasteiger partial charge in [-0.1, -0.05) is 30.3 Å². The average molecular weight is 312 g/mol. The second-order valence-electron chi connectivity index (χ2n) is 8.73. The van der Waals surface area contributed by atoms with Gasteiger partial charge in [-0.25, -0.2) is 0 Å². The molecule has 0 amide bonds. The summed E-state index contributed by atoms with van der Waals surface area (Å²) in [6, 6.07) is 11.2. The van der Waals surface area contributed by atoms with E-state index in [0.29, 0.717) is 16.2 Å². The molecule has 5 rings (SSSR count). The highest BCUT2D eigenvalue weighted by atomic mass is 32.2. The predicted octanol–water partition coefficient (Wildman–Crippen LogP) is 4.46. The molecule has 0 N–H and O–H groups in total. The van der Waals surface area contributed by atoms with Gasteiger partial charge in [0.2, 0.25) is 0 Å². The lowest BCUT2D eigenvalue weighted by Crippen LogP contribution is -2.63. The second-order valence-corrected chi connectivity index (χ2v) is 9.60. The van der Waals surface area contributed by atoms with E-state index in [1.165, 1.54) is 49.7 Å². The van der Waals surface area contributed by atoms with E-state index in [9.17, 15) is 4.79 Å². The number of rotatable bonds is 4. The van der Waals surface area contributed by atoms with Crippen molar-refractivity contribution in [1.82, 2.24) is 0 Å². The topological polar surface area (TPSA) is 17.1 Å². The van der Waals surface area contributed by atoms with Gasteiger partial charge in [0.1, 0.15) is 6.29 Å². The zero-order valence-electron chi connectivity index (χ0n) is 13.3. The van der Waals surface area contributed by atoms with Crippen LogP contribution in [0.3, 0.4) is 0 Å². The van der Waals surface area contributed by atoms with Crippen LogP contribution in [0.4, 0.5) is 0 Å². The molecule has 0 heterocycles. The molecule has 4 aliphatic carbocycles. The first-order chi connectivity index (χ1) is 10.6. The van der Waals surface area contributed by atoms with Crippen LogP contribution in [0.25, 0.3) is 0 Å². The maximum Gasteiger partial charge on any atom is 0.126 e. The number of carbonyl (C=O) groups excluding carboxylic acids is 1. The fourth-order valence-electron chi connectivity index (χ4n) is 7.80. The van der Waals surface area contributed by atoms with Gasteiger partial charge in [-0.3, -0.25) is 0 Å². The smallest absolute Gasteiger partial charge is 0.126 e. The summed E-state index contributed by atoms with van der Waals surface area (Å²) in [5, 5.41) is 0. The van der Waals surface area contributed by atoms with Crippen LogP contribution in [-0.4, -0.2) is 18.3 Å². The third-order valence-electron chi connectivity index (χ3n) is 7.89. The van der Waals surface area contributed by atoms with Crippen LogP contribution in [0.15, 0.2) is 30.3 Å². The van der Waals surface area contributed by atoms with Gasteiger partial charge in [0, 0.05) is 10.8 Å². The van der Waals surface area contributed by atoms with E-state index in [2.05, 4.69) is 36.6 Å². The molecule has 22 heavy (non-hydrogen) atoms. The van der Waals surface area contributed by atoms with Crippen LogP contribution in [0.5, 0.6) is 0 Å². The van der Waals surface area contributed by atoms with Crippen LogP contribution < -0.4 is 0 Å². The molecule has 1 nitrogen and oxygen atoms in total. The standard InChI is InChI=1S/C20H24OS/c1-22-14-18-8-15-7-17(13-21)10-19(12-18,20(18,9-15)11-17)16-5-3-2-4-6-16/h2-6,13,15H,7-12,14H2,1H3. The summed E-state index contributed by atoms with van der Waals surface area (Å²) < 4.78 is 0. The molecule has 2 heteroatoms. The normalized spacial score (nSPS) is 50.7. The third-order valence-corrected chi connectivity index (χ3v) is 8.73. The minimum atomic E-state index is -0.00455. The number of thioether (sulfide) groups is 1. The number of hydrogen-bond acceptors (Lipinski definition) is 2. The maximum absolute atomic E-state index is 12.0. The molecule has 5 atom stereocenters. The molecule has 0 radical (unpaired) electrons. The fourth-order valence-corrected chi connectivity index (χ4v) is 8.84. The first-order valence-electron chi connectivity index (χ1n) is 8.64. The Kier molecular flexibility index (Phi) is 2.49. The van der Waals surface area contributed by atoms with E-state index in [-0.39, 0.29) is 5.41 Å². The Hall–Kier alpha value is -0.760. The summed E-state index contributed by atoms with van der Waals surface area (Å²) in [5.41, 5.74) is 2.77. The molecular formula is C20H24OS. The first kappa shape index (κ1) is 13.7. The summed E-state index contributed by atoms with van der Waals surface area (Å²) in [5.74, 6) is 2.10. The van der Waals surface area contributed by atoms with E-state index in [1.54, 1.807) is 0 Å². The summed E-state index contributed by atoms with van der Waals surface area (Å²) in [7, 11) is 0. The molecule has 1 aromatic rings. The third kappa shape index (κ3) is 1.26. The van der Waals surface area contributed by atoms with E-state index >= 15 is 0 Å². The summed E-state index contributed by atoms with van der Waals surface area (Å²) in [4.78, 5) is 12.0. The molecule has 116 valence electrons. The van der Waals surface area contributed by atoms with Crippen molar-refractivity contribution < 1.29 is 4.79 Å². The van der Waals surface area contributed by atoms with Crippen molar-refractivity contribution in [1.29, 1.82) is 0 Å². The van der Waals surface area contributed by atoms with Crippen molar-refractivity contribution >= 4 is 18.0 Å². The van der Waals surface area contributed by atoms with Crippen LogP contribution in [0.2, 0.25) is 0 Å². The second kappa shape index (κ2) is 4.01. The van der Waals surface area contributed by atoms with Gasteiger partial charge in [-0.15, -0.1) is 0 Å². The molecule has 1 aromatic carbocycles. The zero-order valence-corrected chi connectivity index (χ0v) is 14.1. The Labute approximate surface area is 137 Å². The highest BCUT2D eigenvalue weighted by Crippen LogP contribution is 2.88. The SMILES string of the molecule is CSCC12CC3CC4(C=O)CC(c5ccccc5)(C1)C2(C3)C4. The summed E-state index contributed by atoms with van der Waals surface area (Å²) >= 11 is 2.03. The number of benzene rings is 1. The van der Waals surface area contributed by atoms with Crippen LogP contribution >= 0.6 is 11.8 Å². The maximum atomic E-state index is 12.0. The number of carbonyl (C=O) groups is 1. The van der Waals surface area contributed by atoms with Gasteiger partial charge in [-0.05, 0) is 72.8 Å². The lowest BCUT2D eigenvalue weighted by Gasteiger charge is -2.67. The first-order valence-corrected chi connectivity index (χ1v) is 10.0. The van der Waals surface area contributed by atoms with Crippen LogP contribution in [-0.2, 0) is 10.2 Å². The molecule has 4 saturated carbocycles. The molecule has 0 saturated heterocycles. The highest BCUT2D eigenvalue weighted by Gasteiger charge is 2.83. The van der Waals surface area contributed by atoms with E-state index in [1.807, 2.05) is 11.8 Å². The zero-order chi connectivity index (χ0) is 15.1. The van der Waals surface area contributed by atoms with Gasteiger partial charge < -0.3 is 4.79 Å².